The van der Waals surface area contributed by atoms with Crippen LogP contribution in [0.3, 0.4) is 0 Å². The summed E-state index contributed by atoms with van der Waals surface area (Å²) in [5.74, 6) is -2.33. The highest BCUT2D eigenvalue weighted by atomic mass is 35.5. The van der Waals surface area contributed by atoms with Crippen molar-refractivity contribution in [2.24, 2.45) is 5.92 Å². The number of amides is 1. The van der Waals surface area contributed by atoms with Gasteiger partial charge in [-0.2, -0.15) is 13.2 Å². The third-order valence-corrected chi connectivity index (χ3v) is 5.27. The zero-order valence-electron chi connectivity index (χ0n) is 19.5. The summed E-state index contributed by atoms with van der Waals surface area (Å²) >= 11 is 6.13. The molecule has 0 fully saturated rings. The first kappa shape index (κ1) is 29.3. The van der Waals surface area contributed by atoms with Gasteiger partial charge in [-0.3, -0.25) is 5.32 Å². The predicted molar refractivity (Wildman–Crippen MR) is 128 cm³/mol. The van der Waals surface area contributed by atoms with Gasteiger partial charge >= 0.3 is 18.2 Å². The molecule has 0 aliphatic rings. The lowest BCUT2D eigenvalue weighted by Crippen LogP contribution is -2.21. The summed E-state index contributed by atoms with van der Waals surface area (Å²) in [5, 5.41) is 10.7. The van der Waals surface area contributed by atoms with Gasteiger partial charge < -0.3 is 9.84 Å². The summed E-state index contributed by atoms with van der Waals surface area (Å²) < 4.78 is 37.2. The number of ether oxygens (including phenoxy) is 1. The van der Waals surface area contributed by atoms with Crippen molar-refractivity contribution in [3.63, 3.8) is 0 Å². The number of halogens is 4. The molecule has 0 aliphatic heterocycles. The van der Waals surface area contributed by atoms with Crippen LogP contribution < -0.4 is 5.32 Å². The van der Waals surface area contributed by atoms with Crippen LogP contribution in [0.15, 0.2) is 42.5 Å². The van der Waals surface area contributed by atoms with Crippen LogP contribution in [0, 0.1) is 12.8 Å². The Morgan fingerprint density at radius 3 is 2.35 bits per heavy atom. The molecule has 0 saturated carbocycles. The highest BCUT2D eigenvalue weighted by Crippen LogP contribution is 2.31. The van der Waals surface area contributed by atoms with Gasteiger partial charge in [-0.05, 0) is 49.1 Å². The number of hydrogen-bond donors (Lipinski definition) is 2. The fraction of sp³-hybridized carbons (Fsp3) is 0.440. The summed E-state index contributed by atoms with van der Waals surface area (Å²) in [5.41, 5.74) is 3.75. The Labute approximate surface area is 203 Å². The number of aliphatic carboxylic acids is 1. The molecule has 1 unspecified atom stereocenters. The zero-order chi connectivity index (χ0) is 25.7. The number of rotatable bonds is 9. The van der Waals surface area contributed by atoms with E-state index in [1.165, 1.54) is 19.3 Å². The van der Waals surface area contributed by atoms with Crippen molar-refractivity contribution in [3.8, 4) is 11.1 Å². The molecule has 9 heteroatoms. The van der Waals surface area contributed by atoms with Gasteiger partial charge in [0.2, 0.25) is 0 Å². The standard InChI is InChI=1S/C23H30ClNO2.C2HF3O2/c1-4-6-7-9-18(5-2)16-27-23(26)25-22-13-12-17(3)14-21(22)19-10-8-11-20(24)15-19;3-2(4,5)1(6)7/h8,10-15,18H,4-7,9,16H2,1-3H3,(H,25,26);(H,6,7). The first-order valence-corrected chi connectivity index (χ1v) is 11.5. The molecule has 0 aliphatic carbocycles. The van der Waals surface area contributed by atoms with E-state index in [0.717, 1.165) is 35.2 Å². The first-order chi connectivity index (χ1) is 16.0. The molecule has 2 N–H and O–H groups in total. The topological polar surface area (TPSA) is 75.6 Å². The second kappa shape index (κ2) is 14.5. The summed E-state index contributed by atoms with van der Waals surface area (Å²) in [7, 11) is 0. The van der Waals surface area contributed by atoms with Crippen LogP contribution in [-0.2, 0) is 9.53 Å². The number of carboxylic acid groups (broad SMARTS) is 1. The number of anilines is 1. The normalized spacial score (nSPS) is 11.7. The SMILES string of the molecule is CCCCCC(CC)COC(=O)Nc1ccc(C)cc1-c1cccc(Cl)c1.O=C(O)C(F)(F)F. The lowest BCUT2D eigenvalue weighted by molar-refractivity contribution is -0.192. The Bertz CT molecular complexity index is 935. The number of unbranched alkanes of at least 4 members (excludes halogenated alkanes) is 2. The van der Waals surface area contributed by atoms with Gasteiger partial charge in [-0.15, -0.1) is 0 Å². The van der Waals surface area contributed by atoms with E-state index in [0.29, 0.717) is 17.5 Å². The molecule has 0 radical (unpaired) electrons. The molecule has 2 aromatic rings. The molecule has 2 aromatic carbocycles. The summed E-state index contributed by atoms with van der Waals surface area (Å²) in [6, 6.07) is 13.6. The fourth-order valence-corrected chi connectivity index (χ4v) is 3.28. The van der Waals surface area contributed by atoms with Crippen LogP contribution in [0.2, 0.25) is 5.02 Å². The van der Waals surface area contributed by atoms with E-state index >= 15 is 0 Å². The largest absolute Gasteiger partial charge is 0.490 e. The van der Waals surface area contributed by atoms with Crippen molar-refractivity contribution in [3.05, 3.63) is 53.1 Å². The van der Waals surface area contributed by atoms with Gasteiger partial charge in [-0.25, -0.2) is 9.59 Å². The van der Waals surface area contributed by atoms with Crippen LogP contribution >= 0.6 is 11.6 Å². The third kappa shape index (κ3) is 10.9. The average molecular weight is 502 g/mol. The van der Waals surface area contributed by atoms with Crippen LogP contribution in [-0.4, -0.2) is 30.0 Å². The Morgan fingerprint density at radius 1 is 1.12 bits per heavy atom. The Hall–Kier alpha value is -2.74. The molecule has 2 rings (SSSR count). The van der Waals surface area contributed by atoms with Gasteiger partial charge in [0.25, 0.3) is 0 Å². The Morgan fingerprint density at radius 2 is 1.79 bits per heavy atom. The molecule has 0 heterocycles. The lowest BCUT2D eigenvalue weighted by atomic mass is 10.00. The number of aryl methyl sites for hydroxylation is 1. The van der Waals surface area contributed by atoms with E-state index in [2.05, 4.69) is 19.2 Å². The molecular weight excluding hydrogens is 471 g/mol. The van der Waals surface area contributed by atoms with Crippen molar-refractivity contribution < 1.29 is 32.6 Å². The van der Waals surface area contributed by atoms with Crippen LogP contribution in [0.25, 0.3) is 11.1 Å². The highest BCUT2D eigenvalue weighted by Gasteiger charge is 2.38. The van der Waals surface area contributed by atoms with E-state index in [4.69, 9.17) is 26.2 Å². The van der Waals surface area contributed by atoms with Gasteiger partial charge in [0.15, 0.2) is 0 Å². The van der Waals surface area contributed by atoms with Gasteiger partial charge in [-0.1, -0.05) is 74.9 Å². The molecule has 0 bridgehead atoms. The minimum absolute atomic E-state index is 0.406. The van der Waals surface area contributed by atoms with Crippen molar-refractivity contribution in [1.82, 2.24) is 0 Å². The molecule has 34 heavy (non-hydrogen) atoms. The van der Waals surface area contributed by atoms with Crippen molar-refractivity contribution in [1.29, 1.82) is 0 Å². The lowest BCUT2D eigenvalue weighted by Gasteiger charge is -2.16. The summed E-state index contributed by atoms with van der Waals surface area (Å²) in [6.07, 6.45) is 0.269. The second-order valence-corrected chi connectivity index (χ2v) is 8.29. The number of carboxylic acids is 1. The minimum atomic E-state index is -5.08. The maximum Gasteiger partial charge on any atom is 0.490 e. The van der Waals surface area contributed by atoms with E-state index in [9.17, 15) is 18.0 Å². The number of hydrogen-bond acceptors (Lipinski definition) is 3. The smallest absolute Gasteiger partial charge is 0.475 e. The summed E-state index contributed by atoms with van der Waals surface area (Å²) in [4.78, 5) is 21.2. The van der Waals surface area contributed by atoms with Gasteiger partial charge in [0.1, 0.15) is 0 Å². The third-order valence-electron chi connectivity index (χ3n) is 5.03. The molecule has 188 valence electrons. The van der Waals surface area contributed by atoms with E-state index in [-0.39, 0.29) is 0 Å². The maximum atomic E-state index is 12.3. The second-order valence-electron chi connectivity index (χ2n) is 7.86. The molecule has 1 amide bonds. The summed E-state index contributed by atoms with van der Waals surface area (Å²) in [6.45, 7) is 6.84. The zero-order valence-corrected chi connectivity index (χ0v) is 20.3. The van der Waals surface area contributed by atoms with Crippen molar-refractivity contribution in [2.75, 3.05) is 11.9 Å². The van der Waals surface area contributed by atoms with Crippen LogP contribution in [0.4, 0.5) is 23.7 Å². The van der Waals surface area contributed by atoms with Crippen LogP contribution in [0.5, 0.6) is 0 Å². The number of benzene rings is 2. The van der Waals surface area contributed by atoms with Crippen LogP contribution in [0.1, 0.15) is 51.5 Å². The first-order valence-electron chi connectivity index (χ1n) is 11.1. The monoisotopic (exact) mass is 501 g/mol. The Balaban J connectivity index is 0.000000718. The van der Waals surface area contributed by atoms with Crippen molar-refractivity contribution >= 4 is 29.4 Å². The maximum absolute atomic E-state index is 12.3. The highest BCUT2D eigenvalue weighted by molar-refractivity contribution is 6.30. The fourth-order valence-electron chi connectivity index (χ4n) is 3.09. The van der Waals surface area contributed by atoms with Crippen molar-refractivity contribution in [2.45, 2.75) is 59.1 Å². The number of alkyl halides is 3. The van der Waals surface area contributed by atoms with Gasteiger partial charge in [0.05, 0.1) is 12.3 Å². The molecule has 5 nitrogen and oxygen atoms in total. The van der Waals surface area contributed by atoms with E-state index < -0.39 is 18.2 Å². The quantitative estimate of drug-likeness (QED) is 0.340. The predicted octanol–water partition coefficient (Wildman–Crippen LogP) is 8.10. The number of carbonyl (C=O) groups is 2. The minimum Gasteiger partial charge on any atom is -0.475 e. The molecule has 0 aromatic heterocycles. The van der Waals surface area contributed by atoms with Gasteiger partial charge in [0, 0.05) is 10.6 Å². The molecular formula is C25H31ClF3NO4. The average Bonchev–Trinajstić information content (AvgIpc) is 2.77. The van der Waals surface area contributed by atoms with E-state index in [1.807, 2.05) is 49.4 Å². The molecule has 0 saturated heterocycles. The van der Waals surface area contributed by atoms with E-state index in [1.54, 1.807) is 0 Å². The Kier molecular flexibility index (Phi) is 12.5. The number of nitrogens with one attached hydrogen (secondary N) is 1. The molecule has 1 atom stereocenters. The number of carbonyl (C=O) groups excluding carboxylic acids is 1. The molecule has 0 spiro atoms.